The van der Waals surface area contributed by atoms with Gasteiger partial charge >= 0.3 is 0 Å². The molecule has 0 saturated carbocycles. The molecule has 0 unspecified atom stereocenters. The van der Waals surface area contributed by atoms with E-state index in [1.807, 2.05) is 18.3 Å². The summed E-state index contributed by atoms with van der Waals surface area (Å²) in [4.78, 5) is 9.78. The molecule has 1 aromatic heterocycles. The Hall–Kier alpha value is -1.85. The van der Waals surface area contributed by atoms with Crippen molar-refractivity contribution in [2.24, 2.45) is 5.92 Å². The van der Waals surface area contributed by atoms with Gasteiger partial charge < -0.3 is 14.2 Å². The van der Waals surface area contributed by atoms with E-state index in [4.69, 9.17) is 4.74 Å². The number of nitrogens with zero attached hydrogens (tertiary/aromatic N) is 4. The predicted octanol–water partition coefficient (Wildman–Crippen LogP) is 2.41. The minimum absolute atomic E-state index is 0.662. The molecule has 2 bridgehead atoms. The molecule has 2 aromatic rings. The van der Waals surface area contributed by atoms with Gasteiger partial charge in [-0.05, 0) is 50.1 Å². The van der Waals surface area contributed by atoms with Crippen LogP contribution in [0.5, 0.6) is 5.75 Å². The van der Waals surface area contributed by atoms with E-state index >= 15 is 0 Å². The minimum atomic E-state index is 0.662. The number of methoxy groups -OCH3 is 1. The van der Waals surface area contributed by atoms with Crippen molar-refractivity contribution < 1.29 is 4.74 Å². The molecular formula is C19H26N4O. The van der Waals surface area contributed by atoms with Crippen LogP contribution < -0.4 is 4.74 Å². The van der Waals surface area contributed by atoms with Crippen molar-refractivity contribution in [1.29, 1.82) is 0 Å². The largest absolute Gasteiger partial charge is 0.497 e. The van der Waals surface area contributed by atoms with Crippen LogP contribution in [-0.4, -0.2) is 59.2 Å². The molecule has 0 amide bonds. The van der Waals surface area contributed by atoms with Gasteiger partial charge in [0.25, 0.3) is 0 Å². The molecule has 0 N–H and O–H groups in total. The lowest BCUT2D eigenvalue weighted by molar-refractivity contribution is 0.120. The molecule has 3 fully saturated rings. The summed E-state index contributed by atoms with van der Waals surface area (Å²) in [6.45, 7) is 4.54. The molecular weight excluding hydrogens is 300 g/mol. The lowest BCUT2D eigenvalue weighted by atomic mass is 9.95. The molecule has 1 aromatic carbocycles. The maximum Gasteiger partial charge on any atom is 0.127 e. The Bertz CT molecular complexity index is 681. The summed E-state index contributed by atoms with van der Waals surface area (Å²) in [5.41, 5.74) is 1.14. The minimum Gasteiger partial charge on any atom is -0.497 e. The van der Waals surface area contributed by atoms with Crippen LogP contribution in [-0.2, 0) is 6.54 Å². The molecule has 24 heavy (non-hydrogen) atoms. The second kappa shape index (κ2) is 6.57. The standard InChI is InChI=1S/C19H26N4O/c1-21-11-15-3-4-17(13-21)22(12-15)14-19-20-9-10-23(19)16-5-7-18(24-2)8-6-16/h5-10,15,17H,3-4,11-14H2,1-2H3/t15-,17+/m1/s1. The van der Waals surface area contributed by atoms with Crippen molar-refractivity contribution >= 4 is 0 Å². The maximum atomic E-state index is 5.26. The van der Waals surface area contributed by atoms with Gasteiger partial charge in [0, 0.05) is 43.8 Å². The van der Waals surface area contributed by atoms with Crippen molar-refractivity contribution in [2.75, 3.05) is 33.8 Å². The van der Waals surface area contributed by atoms with Crippen molar-refractivity contribution in [2.45, 2.75) is 25.4 Å². The van der Waals surface area contributed by atoms with E-state index in [0.29, 0.717) is 6.04 Å². The summed E-state index contributed by atoms with van der Waals surface area (Å²) < 4.78 is 7.45. The molecule has 0 radical (unpaired) electrons. The highest BCUT2D eigenvalue weighted by Gasteiger charge is 2.33. The summed E-state index contributed by atoms with van der Waals surface area (Å²) in [7, 11) is 3.95. The molecule has 5 nitrogen and oxygen atoms in total. The third-order valence-electron chi connectivity index (χ3n) is 5.42. The third kappa shape index (κ3) is 3.06. The molecule has 0 spiro atoms. The van der Waals surface area contributed by atoms with Crippen molar-refractivity contribution in [3.05, 3.63) is 42.5 Å². The van der Waals surface area contributed by atoms with E-state index in [9.17, 15) is 0 Å². The number of fused-ring (bicyclic) bond motifs is 4. The van der Waals surface area contributed by atoms with Crippen molar-refractivity contribution in [3.63, 3.8) is 0 Å². The lowest BCUT2D eigenvalue weighted by Crippen LogP contribution is -2.43. The molecule has 4 heterocycles. The number of aromatic nitrogens is 2. The quantitative estimate of drug-likeness (QED) is 0.864. The van der Waals surface area contributed by atoms with Crippen LogP contribution >= 0.6 is 0 Å². The average molecular weight is 326 g/mol. The fraction of sp³-hybridized carbons (Fsp3) is 0.526. The number of hydrogen-bond donors (Lipinski definition) is 0. The zero-order valence-corrected chi connectivity index (χ0v) is 14.6. The number of ether oxygens (including phenoxy) is 1. The van der Waals surface area contributed by atoms with Crippen LogP contribution in [0.15, 0.2) is 36.7 Å². The Morgan fingerprint density at radius 1 is 1.12 bits per heavy atom. The highest BCUT2D eigenvalue weighted by molar-refractivity contribution is 5.38. The van der Waals surface area contributed by atoms with Gasteiger partial charge in [0.15, 0.2) is 0 Å². The molecule has 5 heteroatoms. The van der Waals surface area contributed by atoms with Crippen molar-refractivity contribution in [1.82, 2.24) is 19.4 Å². The Morgan fingerprint density at radius 2 is 1.96 bits per heavy atom. The Kier molecular flexibility index (Phi) is 4.29. The summed E-state index contributed by atoms with van der Waals surface area (Å²) in [5, 5.41) is 0. The number of piperidine rings is 1. The first kappa shape index (κ1) is 15.7. The Labute approximate surface area is 143 Å². The highest BCUT2D eigenvalue weighted by Crippen LogP contribution is 2.28. The first-order valence-electron chi connectivity index (χ1n) is 8.82. The SMILES string of the molecule is COc1ccc(-n2ccnc2CN2C[C@@H]3CC[C@H]2CN(C)C3)cc1. The normalized spacial score (nSPS) is 24.9. The van der Waals surface area contributed by atoms with Crippen LogP contribution in [0.25, 0.3) is 5.69 Å². The van der Waals surface area contributed by atoms with Gasteiger partial charge in [-0.1, -0.05) is 0 Å². The second-order valence-electron chi connectivity index (χ2n) is 7.16. The predicted molar refractivity (Wildman–Crippen MR) is 94.5 cm³/mol. The second-order valence-corrected chi connectivity index (χ2v) is 7.16. The molecule has 3 aliphatic heterocycles. The number of likely N-dealkylation sites (N-methyl/N-ethyl adjacent to an activating group) is 1. The molecule has 0 aliphatic carbocycles. The van der Waals surface area contributed by atoms with Gasteiger partial charge in [0.05, 0.1) is 13.7 Å². The molecule has 128 valence electrons. The van der Waals surface area contributed by atoms with Gasteiger partial charge in [0.1, 0.15) is 11.6 Å². The van der Waals surface area contributed by atoms with E-state index in [2.05, 4.69) is 44.7 Å². The maximum absolute atomic E-state index is 5.26. The monoisotopic (exact) mass is 326 g/mol. The van der Waals surface area contributed by atoms with E-state index in [0.717, 1.165) is 29.7 Å². The summed E-state index contributed by atoms with van der Waals surface area (Å²) in [5.74, 6) is 2.81. The summed E-state index contributed by atoms with van der Waals surface area (Å²) >= 11 is 0. The lowest BCUT2D eigenvalue weighted by Gasteiger charge is -2.35. The fourth-order valence-electron chi connectivity index (χ4n) is 4.22. The number of benzene rings is 1. The van der Waals surface area contributed by atoms with Crippen LogP contribution in [0.4, 0.5) is 0 Å². The van der Waals surface area contributed by atoms with Crippen LogP contribution in [0, 0.1) is 5.92 Å². The number of imidazole rings is 1. The van der Waals surface area contributed by atoms with E-state index in [1.165, 1.54) is 32.5 Å². The summed E-state index contributed by atoms with van der Waals surface area (Å²) in [6.07, 6.45) is 6.65. The van der Waals surface area contributed by atoms with Crippen LogP contribution in [0.1, 0.15) is 18.7 Å². The number of hydrogen-bond acceptors (Lipinski definition) is 4. The van der Waals surface area contributed by atoms with Crippen molar-refractivity contribution in [3.8, 4) is 11.4 Å². The first-order chi connectivity index (χ1) is 11.7. The first-order valence-corrected chi connectivity index (χ1v) is 8.82. The zero-order chi connectivity index (χ0) is 16.5. The summed E-state index contributed by atoms with van der Waals surface area (Å²) in [6, 6.07) is 8.85. The van der Waals surface area contributed by atoms with Crippen LogP contribution in [0.2, 0.25) is 0 Å². The highest BCUT2D eigenvalue weighted by atomic mass is 16.5. The number of rotatable bonds is 4. The van der Waals surface area contributed by atoms with Gasteiger partial charge in [-0.15, -0.1) is 0 Å². The van der Waals surface area contributed by atoms with E-state index < -0.39 is 0 Å². The molecule has 3 saturated heterocycles. The Balaban J connectivity index is 1.54. The topological polar surface area (TPSA) is 33.5 Å². The van der Waals surface area contributed by atoms with Gasteiger partial charge in [-0.25, -0.2) is 4.98 Å². The average Bonchev–Trinajstić information content (AvgIpc) is 2.90. The molecule has 5 rings (SSSR count). The smallest absolute Gasteiger partial charge is 0.127 e. The van der Waals surface area contributed by atoms with Gasteiger partial charge in [-0.3, -0.25) is 4.90 Å². The zero-order valence-electron chi connectivity index (χ0n) is 14.6. The third-order valence-corrected chi connectivity index (χ3v) is 5.42. The van der Waals surface area contributed by atoms with Gasteiger partial charge in [-0.2, -0.15) is 0 Å². The van der Waals surface area contributed by atoms with E-state index in [-0.39, 0.29) is 0 Å². The molecule has 2 atom stereocenters. The van der Waals surface area contributed by atoms with Gasteiger partial charge in [0.2, 0.25) is 0 Å². The van der Waals surface area contributed by atoms with E-state index in [1.54, 1.807) is 7.11 Å². The molecule has 3 aliphatic rings. The van der Waals surface area contributed by atoms with Crippen LogP contribution in [0.3, 0.4) is 0 Å². The fourth-order valence-corrected chi connectivity index (χ4v) is 4.22. The Morgan fingerprint density at radius 3 is 2.75 bits per heavy atom.